The Morgan fingerprint density at radius 2 is 2.05 bits per heavy atom. The van der Waals surface area contributed by atoms with E-state index in [0.29, 0.717) is 11.6 Å². The molecular formula is C14H15Br2N3OS. The van der Waals surface area contributed by atoms with E-state index in [-0.39, 0.29) is 0 Å². The summed E-state index contributed by atoms with van der Waals surface area (Å²) in [6, 6.07) is 3.79. The predicted molar refractivity (Wildman–Crippen MR) is 93.1 cm³/mol. The lowest BCUT2D eigenvalue weighted by Gasteiger charge is -2.05. The molecule has 1 aliphatic rings. The van der Waals surface area contributed by atoms with E-state index in [1.165, 1.54) is 25.7 Å². The van der Waals surface area contributed by atoms with E-state index < -0.39 is 0 Å². The summed E-state index contributed by atoms with van der Waals surface area (Å²) in [5, 5.41) is 4.81. The molecule has 1 aromatic heterocycles. The monoisotopic (exact) mass is 431 g/mol. The molecule has 7 heteroatoms. The van der Waals surface area contributed by atoms with Crippen molar-refractivity contribution in [2.45, 2.75) is 36.7 Å². The fraction of sp³-hybridized carbons (Fsp3) is 0.429. The molecule has 1 aliphatic carbocycles. The molecule has 1 fully saturated rings. The van der Waals surface area contributed by atoms with Crippen LogP contribution in [0.4, 0.5) is 5.69 Å². The zero-order chi connectivity index (χ0) is 14.8. The van der Waals surface area contributed by atoms with Crippen molar-refractivity contribution in [3.63, 3.8) is 0 Å². The summed E-state index contributed by atoms with van der Waals surface area (Å²) in [5.74, 6) is 2.00. The average Bonchev–Trinajstić information content (AvgIpc) is 3.11. The summed E-state index contributed by atoms with van der Waals surface area (Å²) in [6.07, 6.45) is 5.30. The van der Waals surface area contributed by atoms with Crippen LogP contribution in [0.1, 0.15) is 31.5 Å². The van der Waals surface area contributed by atoms with Crippen molar-refractivity contribution in [1.29, 1.82) is 0 Å². The Morgan fingerprint density at radius 1 is 1.29 bits per heavy atom. The molecule has 4 nitrogen and oxygen atoms in total. The predicted octanol–water partition coefficient (Wildman–Crippen LogP) is 5.02. The first kappa shape index (κ1) is 15.4. The van der Waals surface area contributed by atoms with Crippen LogP contribution in [0.15, 0.2) is 25.6 Å². The number of nitrogens with two attached hydrogens (primary N) is 1. The molecule has 0 bridgehead atoms. The fourth-order valence-electron chi connectivity index (χ4n) is 2.43. The quantitative estimate of drug-likeness (QED) is 0.687. The molecule has 0 unspecified atom stereocenters. The van der Waals surface area contributed by atoms with Gasteiger partial charge in [0, 0.05) is 14.2 Å². The highest BCUT2D eigenvalue weighted by Crippen LogP contribution is 2.35. The second kappa shape index (κ2) is 6.71. The maximum absolute atomic E-state index is 6.07. The lowest BCUT2D eigenvalue weighted by Crippen LogP contribution is -1.96. The van der Waals surface area contributed by atoms with Gasteiger partial charge in [-0.15, -0.1) is 0 Å². The van der Waals surface area contributed by atoms with Gasteiger partial charge < -0.3 is 10.3 Å². The summed E-state index contributed by atoms with van der Waals surface area (Å²) >= 11 is 8.80. The van der Waals surface area contributed by atoms with E-state index in [1.54, 1.807) is 0 Å². The molecule has 112 valence electrons. The van der Waals surface area contributed by atoms with E-state index >= 15 is 0 Å². The van der Waals surface area contributed by atoms with E-state index in [4.69, 9.17) is 10.3 Å². The number of rotatable bonds is 4. The van der Waals surface area contributed by atoms with Crippen LogP contribution >= 0.6 is 43.6 Å². The number of halogens is 2. The first-order chi connectivity index (χ1) is 10.1. The van der Waals surface area contributed by atoms with Crippen molar-refractivity contribution in [2.24, 2.45) is 0 Å². The van der Waals surface area contributed by atoms with E-state index in [9.17, 15) is 0 Å². The van der Waals surface area contributed by atoms with Crippen LogP contribution < -0.4 is 5.73 Å². The second-order valence-electron chi connectivity index (χ2n) is 5.08. The third kappa shape index (κ3) is 3.63. The summed E-state index contributed by atoms with van der Waals surface area (Å²) < 4.78 is 7.09. The summed E-state index contributed by atoms with van der Waals surface area (Å²) in [7, 11) is 0. The summed E-state index contributed by atoms with van der Waals surface area (Å²) in [4.78, 5) is 4.46. The van der Waals surface area contributed by atoms with Crippen LogP contribution in [0.2, 0.25) is 0 Å². The maximum atomic E-state index is 6.07. The Bertz CT molecular complexity index is 641. The van der Waals surface area contributed by atoms with E-state index in [0.717, 1.165) is 31.3 Å². The first-order valence-electron chi connectivity index (χ1n) is 6.82. The number of aromatic nitrogens is 2. The van der Waals surface area contributed by atoms with Crippen molar-refractivity contribution < 1.29 is 4.52 Å². The summed E-state index contributed by atoms with van der Waals surface area (Å²) in [5.41, 5.74) is 7.42. The normalized spacial score (nSPS) is 15.7. The molecule has 1 heterocycles. The number of nitrogen functional groups attached to an aromatic ring is 1. The third-order valence-electron chi connectivity index (χ3n) is 3.54. The minimum atomic E-state index is 0.469. The fourth-order valence-corrected chi connectivity index (χ4v) is 4.83. The highest BCUT2D eigenvalue weighted by atomic mass is 79.9. The second-order valence-corrected chi connectivity index (χ2v) is 8.14. The molecule has 0 spiro atoms. The molecule has 1 aromatic carbocycles. The topological polar surface area (TPSA) is 64.9 Å². The molecule has 0 atom stereocenters. The van der Waals surface area contributed by atoms with Gasteiger partial charge in [-0.25, -0.2) is 0 Å². The highest BCUT2D eigenvalue weighted by molar-refractivity contribution is 9.11. The molecule has 3 rings (SSSR count). The first-order valence-corrected chi connectivity index (χ1v) is 9.46. The Kier molecular flexibility index (Phi) is 4.91. The molecule has 0 saturated heterocycles. The van der Waals surface area contributed by atoms with Gasteiger partial charge in [0.05, 0.1) is 17.0 Å². The summed E-state index contributed by atoms with van der Waals surface area (Å²) in [6.45, 7) is 0. The smallest absolute Gasteiger partial charge is 0.260 e. The highest BCUT2D eigenvalue weighted by Gasteiger charge is 2.18. The zero-order valence-corrected chi connectivity index (χ0v) is 15.3. The Labute approximate surface area is 144 Å². The minimum Gasteiger partial charge on any atom is -0.397 e. The Balaban J connectivity index is 1.75. The molecule has 2 aromatic rings. The average molecular weight is 433 g/mol. The zero-order valence-electron chi connectivity index (χ0n) is 11.3. The molecule has 0 radical (unpaired) electrons. The lowest BCUT2D eigenvalue weighted by molar-refractivity contribution is 0.425. The molecule has 2 N–H and O–H groups in total. The van der Waals surface area contributed by atoms with Crippen molar-refractivity contribution in [1.82, 2.24) is 10.1 Å². The van der Waals surface area contributed by atoms with Crippen LogP contribution in [0, 0.1) is 0 Å². The minimum absolute atomic E-state index is 0.469. The number of anilines is 1. The van der Waals surface area contributed by atoms with E-state index in [1.807, 2.05) is 23.9 Å². The number of hydrogen-bond donors (Lipinski definition) is 1. The van der Waals surface area contributed by atoms with Gasteiger partial charge >= 0.3 is 0 Å². The largest absolute Gasteiger partial charge is 0.397 e. The van der Waals surface area contributed by atoms with Gasteiger partial charge in [-0.3, -0.25) is 0 Å². The van der Waals surface area contributed by atoms with Crippen molar-refractivity contribution in [3.8, 4) is 11.5 Å². The number of hydrogen-bond acceptors (Lipinski definition) is 5. The van der Waals surface area contributed by atoms with Crippen molar-refractivity contribution in [2.75, 3.05) is 5.73 Å². The van der Waals surface area contributed by atoms with Crippen molar-refractivity contribution >= 4 is 49.3 Å². The van der Waals surface area contributed by atoms with Crippen LogP contribution in [-0.2, 0) is 5.75 Å². The van der Waals surface area contributed by atoms with Gasteiger partial charge in [0.2, 0.25) is 0 Å². The van der Waals surface area contributed by atoms with Crippen LogP contribution in [0.25, 0.3) is 11.5 Å². The van der Waals surface area contributed by atoms with Crippen molar-refractivity contribution in [3.05, 3.63) is 26.9 Å². The Hall–Kier alpha value is -0.530. The maximum Gasteiger partial charge on any atom is 0.260 e. The van der Waals surface area contributed by atoms with E-state index in [2.05, 4.69) is 42.0 Å². The third-order valence-corrected chi connectivity index (χ3v) is 6.02. The van der Waals surface area contributed by atoms with Gasteiger partial charge in [-0.05, 0) is 40.9 Å². The van der Waals surface area contributed by atoms with Gasteiger partial charge in [-0.2, -0.15) is 16.7 Å². The SMILES string of the molecule is Nc1c(Br)cc(Br)cc1-c1nc(CSC2CCCC2)no1. The van der Waals surface area contributed by atoms with Gasteiger partial charge in [-0.1, -0.05) is 33.9 Å². The molecular weight excluding hydrogens is 418 g/mol. The molecule has 0 aliphatic heterocycles. The van der Waals surface area contributed by atoms with Crippen LogP contribution in [0.5, 0.6) is 0 Å². The molecule has 0 amide bonds. The molecule has 1 saturated carbocycles. The van der Waals surface area contributed by atoms with Crippen LogP contribution in [-0.4, -0.2) is 15.4 Å². The van der Waals surface area contributed by atoms with Gasteiger partial charge in [0.15, 0.2) is 5.82 Å². The Morgan fingerprint density at radius 3 is 2.81 bits per heavy atom. The lowest BCUT2D eigenvalue weighted by atomic mass is 10.2. The molecule has 21 heavy (non-hydrogen) atoms. The van der Waals surface area contributed by atoms with Gasteiger partial charge in [0.1, 0.15) is 0 Å². The van der Waals surface area contributed by atoms with Crippen LogP contribution in [0.3, 0.4) is 0 Å². The number of nitrogens with zero attached hydrogens (tertiary/aromatic N) is 2. The number of thioether (sulfide) groups is 1. The van der Waals surface area contributed by atoms with Gasteiger partial charge in [0.25, 0.3) is 5.89 Å². The standard InChI is InChI=1S/C14H15Br2N3OS/c15-8-5-10(13(17)11(16)6-8)14-18-12(19-20-14)7-21-9-3-1-2-4-9/h5-6,9H,1-4,7,17H2. The number of benzene rings is 1.